The Kier molecular flexibility index (Phi) is 8.63. The number of hydrogen-bond donors (Lipinski definition) is 4. The van der Waals surface area contributed by atoms with E-state index in [4.69, 9.17) is 16.3 Å². The third-order valence-electron chi connectivity index (χ3n) is 5.07. The molecular formula is C22H27ClN4O4. The van der Waals surface area contributed by atoms with E-state index in [1.807, 2.05) is 18.2 Å². The summed E-state index contributed by atoms with van der Waals surface area (Å²) in [7, 11) is 0. The van der Waals surface area contributed by atoms with Crippen LogP contribution >= 0.6 is 11.6 Å². The lowest BCUT2D eigenvalue weighted by Gasteiger charge is -2.36. The molecule has 1 aromatic heterocycles. The molecule has 0 unspecified atom stereocenters. The molecule has 0 bridgehead atoms. The minimum atomic E-state index is -0.501. The molecule has 0 radical (unpaired) electrons. The van der Waals surface area contributed by atoms with E-state index in [0.717, 1.165) is 12.1 Å². The van der Waals surface area contributed by atoms with Crippen LogP contribution in [0.2, 0.25) is 5.02 Å². The van der Waals surface area contributed by atoms with Crippen LogP contribution in [0.3, 0.4) is 0 Å². The molecule has 0 spiro atoms. The molecule has 166 valence electrons. The van der Waals surface area contributed by atoms with Crippen LogP contribution in [0.25, 0.3) is 0 Å². The van der Waals surface area contributed by atoms with Crippen LogP contribution in [0.15, 0.2) is 48.7 Å². The molecule has 9 heteroatoms. The highest BCUT2D eigenvalue weighted by Gasteiger charge is 2.31. The lowest BCUT2D eigenvalue weighted by Crippen LogP contribution is -2.52. The Morgan fingerprint density at radius 2 is 1.97 bits per heavy atom. The van der Waals surface area contributed by atoms with E-state index in [2.05, 4.69) is 20.9 Å². The first-order chi connectivity index (χ1) is 15.0. The number of hydrogen-bond acceptors (Lipinski definition) is 5. The van der Waals surface area contributed by atoms with Gasteiger partial charge in [-0.25, -0.2) is 4.79 Å². The molecule has 0 saturated carbocycles. The van der Waals surface area contributed by atoms with Crippen molar-refractivity contribution in [2.45, 2.75) is 43.9 Å². The fourth-order valence-electron chi connectivity index (χ4n) is 3.48. The van der Waals surface area contributed by atoms with Crippen LogP contribution in [-0.4, -0.2) is 53.4 Å². The normalized spacial score (nSPS) is 20.6. The maximum absolute atomic E-state index is 12.3. The zero-order chi connectivity index (χ0) is 22.1. The lowest BCUT2D eigenvalue weighted by atomic mass is 9.97. The SMILES string of the molecule is O=C(Cc1ccccn1)NCC[C@H]1CC[C@H](NC(=O)Nc2ccc(Cl)cc2)[C@@H](CO)O1. The summed E-state index contributed by atoms with van der Waals surface area (Å²) in [5.41, 5.74) is 1.35. The minimum absolute atomic E-state index is 0.0911. The van der Waals surface area contributed by atoms with E-state index in [9.17, 15) is 14.7 Å². The van der Waals surface area contributed by atoms with Gasteiger partial charge in [0.25, 0.3) is 0 Å². The summed E-state index contributed by atoms with van der Waals surface area (Å²) < 4.78 is 5.94. The quantitative estimate of drug-likeness (QED) is 0.497. The Balaban J connectivity index is 1.39. The van der Waals surface area contributed by atoms with Crippen molar-refractivity contribution in [3.05, 3.63) is 59.4 Å². The van der Waals surface area contributed by atoms with Crippen molar-refractivity contribution in [3.8, 4) is 0 Å². The number of amides is 3. The molecule has 1 fully saturated rings. The van der Waals surface area contributed by atoms with Crippen molar-refractivity contribution in [1.82, 2.24) is 15.6 Å². The third-order valence-corrected chi connectivity index (χ3v) is 5.32. The Bertz CT molecular complexity index is 850. The fourth-order valence-corrected chi connectivity index (χ4v) is 3.61. The number of urea groups is 1. The number of aliphatic hydroxyl groups excluding tert-OH is 1. The average molecular weight is 447 g/mol. The molecule has 3 atom stereocenters. The minimum Gasteiger partial charge on any atom is -0.394 e. The number of aromatic nitrogens is 1. The Morgan fingerprint density at radius 3 is 2.68 bits per heavy atom. The maximum Gasteiger partial charge on any atom is 0.319 e. The first-order valence-electron chi connectivity index (χ1n) is 10.3. The number of aliphatic hydroxyl groups is 1. The summed E-state index contributed by atoms with van der Waals surface area (Å²) in [6, 6.07) is 11.6. The van der Waals surface area contributed by atoms with Crippen molar-refractivity contribution in [1.29, 1.82) is 0 Å². The summed E-state index contributed by atoms with van der Waals surface area (Å²) in [6.45, 7) is 0.276. The average Bonchev–Trinajstić information content (AvgIpc) is 2.77. The van der Waals surface area contributed by atoms with Gasteiger partial charge in [-0.3, -0.25) is 9.78 Å². The van der Waals surface area contributed by atoms with Gasteiger partial charge in [-0.2, -0.15) is 0 Å². The number of nitrogens with one attached hydrogen (secondary N) is 3. The van der Waals surface area contributed by atoms with E-state index >= 15 is 0 Å². The van der Waals surface area contributed by atoms with Crippen molar-refractivity contribution in [2.75, 3.05) is 18.5 Å². The van der Waals surface area contributed by atoms with Gasteiger partial charge >= 0.3 is 6.03 Å². The molecule has 3 rings (SSSR count). The summed E-state index contributed by atoms with van der Waals surface area (Å²) >= 11 is 5.85. The second kappa shape index (κ2) is 11.6. The molecule has 1 aliphatic heterocycles. The van der Waals surface area contributed by atoms with Crippen LogP contribution in [0.4, 0.5) is 10.5 Å². The van der Waals surface area contributed by atoms with E-state index in [0.29, 0.717) is 30.1 Å². The molecule has 8 nitrogen and oxygen atoms in total. The number of benzene rings is 1. The predicted octanol–water partition coefficient (Wildman–Crippen LogP) is 2.51. The van der Waals surface area contributed by atoms with E-state index < -0.39 is 6.10 Å². The van der Waals surface area contributed by atoms with Gasteiger partial charge in [0.1, 0.15) is 6.10 Å². The van der Waals surface area contributed by atoms with Gasteiger partial charge in [0.05, 0.1) is 25.2 Å². The molecule has 2 heterocycles. The molecule has 31 heavy (non-hydrogen) atoms. The second-order valence-corrected chi connectivity index (χ2v) is 7.84. The summed E-state index contributed by atoms with van der Waals surface area (Å²) in [5.74, 6) is -0.0911. The number of anilines is 1. The highest BCUT2D eigenvalue weighted by atomic mass is 35.5. The van der Waals surface area contributed by atoms with Crippen molar-refractivity contribution in [3.63, 3.8) is 0 Å². The predicted molar refractivity (Wildman–Crippen MR) is 118 cm³/mol. The first kappa shape index (κ1) is 23.0. The molecule has 1 aliphatic rings. The number of halogens is 1. The van der Waals surface area contributed by atoms with Crippen LogP contribution < -0.4 is 16.0 Å². The standard InChI is InChI=1S/C22H27ClN4O4/c23-15-4-6-16(7-5-15)26-22(30)27-19-9-8-18(31-20(19)14-28)10-12-25-21(29)13-17-3-1-2-11-24-17/h1-7,11,18-20,28H,8-10,12-14H2,(H,25,29)(H2,26,27,30)/t18-,19+,20-/m1/s1. The Labute approximate surface area is 186 Å². The first-order valence-corrected chi connectivity index (χ1v) is 10.7. The number of rotatable bonds is 8. The Morgan fingerprint density at radius 1 is 1.16 bits per heavy atom. The third kappa shape index (κ3) is 7.50. The zero-order valence-corrected chi connectivity index (χ0v) is 17.8. The van der Waals surface area contributed by atoms with Gasteiger partial charge in [0.2, 0.25) is 5.91 Å². The van der Waals surface area contributed by atoms with Gasteiger partial charge in [0, 0.05) is 29.1 Å². The number of pyridine rings is 1. The number of carbonyl (C=O) groups is 2. The van der Waals surface area contributed by atoms with Gasteiger partial charge in [-0.05, 0) is 55.7 Å². The molecule has 0 aliphatic carbocycles. The maximum atomic E-state index is 12.3. The molecule has 2 aromatic rings. The Hall–Kier alpha value is -2.68. The number of ether oxygens (including phenoxy) is 1. The van der Waals surface area contributed by atoms with Crippen molar-refractivity contribution < 1.29 is 19.4 Å². The molecular weight excluding hydrogens is 420 g/mol. The summed E-state index contributed by atoms with van der Waals surface area (Å²) in [6.07, 6.45) is 3.33. The van der Waals surface area contributed by atoms with Gasteiger partial charge in [-0.15, -0.1) is 0 Å². The summed E-state index contributed by atoms with van der Waals surface area (Å²) in [5, 5.41) is 18.8. The van der Waals surface area contributed by atoms with E-state index in [1.54, 1.807) is 30.5 Å². The molecule has 1 saturated heterocycles. The van der Waals surface area contributed by atoms with Crippen LogP contribution in [-0.2, 0) is 16.0 Å². The molecule has 3 amide bonds. The van der Waals surface area contributed by atoms with Gasteiger partial charge in [-0.1, -0.05) is 17.7 Å². The lowest BCUT2D eigenvalue weighted by molar-refractivity contribution is -0.121. The van der Waals surface area contributed by atoms with Crippen LogP contribution in [0, 0.1) is 0 Å². The highest BCUT2D eigenvalue weighted by molar-refractivity contribution is 6.30. The highest BCUT2D eigenvalue weighted by Crippen LogP contribution is 2.22. The molecule has 4 N–H and O–H groups in total. The fraction of sp³-hybridized carbons (Fsp3) is 0.409. The number of nitrogens with zero attached hydrogens (tertiary/aromatic N) is 1. The van der Waals surface area contributed by atoms with Gasteiger partial charge in [0.15, 0.2) is 0 Å². The largest absolute Gasteiger partial charge is 0.394 e. The summed E-state index contributed by atoms with van der Waals surface area (Å²) in [4.78, 5) is 28.4. The number of carbonyl (C=O) groups excluding carboxylic acids is 2. The topological polar surface area (TPSA) is 113 Å². The van der Waals surface area contributed by atoms with E-state index in [1.165, 1.54) is 0 Å². The second-order valence-electron chi connectivity index (χ2n) is 7.40. The smallest absolute Gasteiger partial charge is 0.319 e. The molecule has 1 aromatic carbocycles. The van der Waals surface area contributed by atoms with Crippen LogP contribution in [0.1, 0.15) is 25.0 Å². The van der Waals surface area contributed by atoms with Crippen molar-refractivity contribution in [2.24, 2.45) is 0 Å². The van der Waals surface area contributed by atoms with E-state index in [-0.39, 0.29) is 37.1 Å². The van der Waals surface area contributed by atoms with Crippen molar-refractivity contribution >= 4 is 29.2 Å². The van der Waals surface area contributed by atoms with Gasteiger partial charge < -0.3 is 25.8 Å². The van der Waals surface area contributed by atoms with Crippen LogP contribution in [0.5, 0.6) is 0 Å². The monoisotopic (exact) mass is 446 g/mol. The zero-order valence-electron chi connectivity index (χ0n) is 17.1.